The highest BCUT2D eigenvalue weighted by molar-refractivity contribution is 5.62. The molecular formula is C6H5N5O. The first-order valence-corrected chi connectivity index (χ1v) is 3.27. The quantitative estimate of drug-likeness (QED) is 0.691. The number of aromatic amines is 1. The van der Waals surface area contributed by atoms with Crippen molar-refractivity contribution in [3.8, 4) is 0 Å². The van der Waals surface area contributed by atoms with Gasteiger partial charge in [-0.15, -0.1) is 5.10 Å². The van der Waals surface area contributed by atoms with Crippen molar-refractivity contribution in [1.82, 2.24) is 25.8 Å². The van der Waals surface area contributed by atoms with Gasteiger partial charge >= 0.3 is 0 Å². The van der Waals surface area contributed by atoms with Crippen LogP contribution in [0.1, 0.15) is 11.6 Å². The summed E-state index contributed by atoms with van der Waals surface area (Å²) in [6.07, 6.45) is 4.98. The number of nitrogens with one attached hydrogen (secondary N) is 1. The van der Waals surface area contributed by atoms with Crippen molar-refractivity contribution in [3.63, 3.8) is 0 Å². The Hall–Kier alpha value is -1.98. The Bertz CT molecular complexity index is 313. The van der Waals surface area contributed by atoms with Gasteiger partial charge in [0.1, 0.15) is 0 Å². The maximum absolute atomic E-state index is 4.81. The lowest BCUT2D eigenvalue weighted by Crippen LogP contribution is -1.73. The van der Waals surface area contributed by atoms with Crippen LogP contribution < -0.4 is 0 Å². The summed E-state index contributed by atoms with van der Waals surface area (Å²) in [5.41, 5.74) is 0. The van der Waals surface area contributed by atoms with Gasteiger partial charge in [-0.05, 0) is 22.6 Å². The molecule has 12 heavy (non-hydrogen) atoms. The van der Waals surface area contributed by atoms with Crippen LogP contribution in [0, 0.1) is 0 Å². The van der Waals surface area contributed by atoms with Crippen molar-refractivity contribution in [1.29, 1.82) is 0 Å². The second-order valence-corrected chi connectivity index (χ2v) is 2.03. The first-order valence-electron chi connectivity index (χ1n) is 3.27. The molecule has 2 rings (SSSR count). The summed E-state index contributed by atoms with van der Waals surface area (Å²) in [5.74, 6) is 1.23. The van der Waals surface area contributed by atoms with Gasteiger partial charge in [-0.3, -0.25) is 0 Å². The van der Waals surface area contributed by atoms with Crippen molar-refractivity contribution >= 4 is 12.2 Å². The summed E-state index contributed by atoms with van der Waals surface area (Å²) in [5, 5.41) is 16.6. The molecule has 0 aliphatic rings. The van der Waals surface area contributed by atoms with Gasteiger partial charge in [0.2, 0.25) is 0 Å². The van der Waals surface area contributed by atoms with Crippen LogP contribution in [0.5, 0.6) is 0 Å². The fourth-order valence-corrected chi connectivity index (χ4v) is 0.710. The summed E-state index contributed by atoms with van der Waals surface area (Å²) in [4.78, 5) is 0. The van der Waals surface area contributed by atoms with E-state index in [9.17, 15) is 0 Å². The average molecular weight is 163 g/mol. The van der Waals surface area contributed by atoms with Crippen LogP contribution in [0.3, 0.4) is 0 Å². The Labute approximate surface area is 67.3 Å². The second-order valence-electron chi connectivity index (χ2n) is 2.03. The average Bonchev–Trinajstić information content (AvgIpc) is 2.74. The fraction of sp³-hybridized carbons (Fsp3) is 0. The minimum Gasteiger partial charge on any atom is -0.357 e. The van der Waals surface area contributed by atoms with E-state index >= 15 is 0 Å². The standard InChI is InChI=1S/C6H5N5O/c1(5-3-4-7-12-5)2-6-8-10-11-9-6/h1-4H,(H,8,9,10,11). The summed E-state index contributed by atoms with van der Waals surface area (Å²) >= 11 is 0. The van der Waals surface area contributed by atoms with Gasteiger partial charge in [-0.2, -0.15) is 0 Å². The zero-order valence-electron chi connectivity index (χ0n) is 6.01. The molecular weight excluding hydrogens is 158 g/mol. The molecule has 0 amide bonds. The molecule has 0 aliphatic carbocycles. The van der Waals surface area contributed by atoms with Gasteiger partial charge in [-0.1, -0.05) is 5.16 Å². The lowest BCUT2D eigenvalue weighted by atomic mass is 10.4. The summed E-state index contributed by atoms with van der Waals surface area (Å²) in [6, 6.07) is 1.74. The van der Waals surface area contributed by atoms with Crippen LogP contribution in [-0.2, 0) is 0 Å². The largest absolute Gasteiger partial charge is 0.357 e. The number of rotatable bonds is 2. The van der Waals surface area contributed by atoms with Gasteiger partial charge < -0.3 is 4.52 Å². The van der Waals surface area contributed by atoms with Gasteiger partial charge in [0.25, 0.3) is 0 Å². The van der Waals surface area contributed by atoms with Gasteiger partial charge in [0, 0.05) is 6.07 Å². The highest BCUT2D eigenvalue weighted by Gasteiger charge is 1.91. The molecule has 0 atom stereocenters. The van der Waals surface area contributed by atoms with E-state index in [1.165, 1.54) is 0 Å². The van der Waals surface area contributed by atoms with E-state index in [0.29, 0.717) is 11.6 Å². The molecule has 2 aromatic heterocycles. The monoisotopic (exact) mass is 163 g/mol. The molecule has 60 valence electrons. The molecule has 0 bridgehead atoms. The smallest absolute Gasteiger partial charge is 0.172 e. The molecule has 2 heterocycles. The summed E-state index contributed by atoms with van der Waals surface area (Å²) in [7, 11) is 0. The number of H-pyrrole nitrogens is 1. The predicted octanol–water partition coefficient (Wildman–Crippen LogP) is 0.358. The van der Waals surface area contributed by atoms with Gasteiger partial charge in [0.15, 0.2) is 11.6 Å². The SMILES string of the molecule is C(=Cc1ccno1)c1nnn[nH]1. The van der Waals surface area contributed by atoms with Gasteiger partial charge in [0.05, 0.1) is 6.20 Å². The number of nitrogens with zero attached hydrogens (tertiary/aromatic N) is 4. The van der Waals surface area contributed by atoms with E-state index in [-0.39, 0.29) is 0 Å². The molecule has 2 aromatic rings. The van der Waals surface area contributed by atoms with Crippen molar-refractivity contribution < 1.29 is 4.52 Å². The maximum Gasteiger partial charge on any atom is 0.172 e. The van der Waals surface area contributed by atoms with Crippen LogP contribution in [0.25, 0.3) is 12.2 Å². The van der Waals surface area contributed by atoms with Crippen molar-refractivity contribution in [3.05, 3.63) is 23.8 Å². The predicted molar refractivity (Wildman–Crippen MR) is 39.6 cm³/mol. The normalized spacial score (nSPS) is 11.0. The molecule has 0 saturated heterocycles. The topological polar surface area (TPSA) is 80.5 Å². The van der Waals surface area contributed by atoms with Crippen LogP contribution in [0.15, 0.2) is 16.8 Å². The molecule has 6 nitrogen and oxygen atoms in total. The van der Waals surface area contributed by atoms with E-state index in [4.69, 9.17) is 4.52 Å². The third-order valence-corrected chi connectivity index (χ3v) is 1.22. The molecule has 6 heteroatoms. The number of hydrogen-bond donors (Lipinski definition) is 1. The molecule has 0 saturated carbocycles. The van der Waals surface area contributed by atoms with E-state index in [0.717, 1.165) is 0 Å². The van der Waals surface area contributed by atoms with Crippen LogP contribution >= 0.6 is 0 Å². The Kier molecular flexibility index (Phi) is 1.65. The second kappa shape index (κ2) is 2.95. The summed E-state index contributed by atoms with van der Waals surface area (Å²) < 4.78 is 4.81. The van der Waals surface area contributed by atoms with Crippen molar-refractivity contribution in [2.45, 2.75) is 0 Å². The van der Waals surface area contributed by atoms with Crippen LogP contribution in [-0.4, -0.2) is 25.8 Å². The van der Waals surface area contributed by atoms with Crippen LogP contribution in [0.4, 0.5) is 0 Å². The first-order chi connectivity index (χ1) is 5.95. The van der Waals surface area contributed by atoms with E-state index in [1.54, 1.807) is 24.4 Å². The Morgan fingerprint density at radius 2 is 2.42 bits per heavy atom. The lowest BCUT2D eigenvalue weighted by Gasteiger charge is -1.78. The summed E-state index contributed by atoms with van der Waals surface area (Å²) in [6.45, 7) is 0. The number of aromatic nitrogens is 5. The zero-order valence-corrected chi connectivity index (χ0v) is 6.01. The molecule has 0 aromatic carbocycles. The number of tetrazole rings is 1. The minimum atomic E-state index is 0.575. The molecule has 0 radical (unpaired) electrons. The van der Waals surface area contributed by atoms with Crippen molar-refractivity contribution in [2.24, 2.45) is 0 Å². The molecule has 1 N–H and O–H groups in total. The molecule has 0 spiro atoms. The Balaban J connectivity index is 2.14. The Morgan fingerprint density at radius 1 is 1.42 bits per heavy atom. The highest BCUT2D eigenvalue weighted by atomic mass is 16.5. The molecule has 0 aliphatic heterocycles. The first kappa shape index (κ1) is 6.71. The van der Waals surface area contributed by atoms with E-state index in [2.05, 4.69) is 25.8 Å². The molecule has 0 fully saturated rings. The third-order valence-electron chi connectivity index (χ3n) is 1.22. The van der Waals surface area contributed by atoms with Crippen LogP contribution in [0.2, 0.25) is 0 Å². The van der Waals surface area contributed by atoms with Gasteiger partial charge in [-0.25, -0.2) is 5.10 Å². The zero-order chi connectivity index (χ0) is 8.23. The Morgan fingerprint density at radius 3 is 3.08 bits per heavy atom. The van der Waals surface area contributed by atoms with E-state index in [1.807, 2.05) is 0 Å². The van der Waals surface area contributed by atoms with Crippen molar-refractivity contribution in [2.75, 3.05) is 0 Å². The third kappa shape index (κ3) is 1.36. The highest BCUT2D eigenvalue weighted by Crippen LogP contribution is 2.01. The molecule has 0 unspecified atom stereocenters. The maximum atomic E-state index is 4.81. The lowest BCUT2D eigenvalue weighted by molar-refractivity contribution is 0.413. The van der Waals surface area contributed by atoms with E-state index < -0.39 is 0 Å². The fourth-order valence-electron chi connectivity index (χ4n) is 0.710. The minimum absolute atomic E-state index is 0.575. The number of hydrogen-bond acceptors (Lipinski definition) is 5.